The number of carbonyl (C=O) groups is 1. The van der Waals surface area contributed by atoms with Crippen LogP contribution in [-0.2, 0) is 24.4 Å². The second-order valence-electron chi connectivity index (χ2n) is 5.54. The number of amides is 1. The van der Waals surface area contributed by atoms with Gasteiger partial charge in [0.15, 0.2) is 0 Å². The van der Waals surface area contributed by atoms with Gasteiger partial charge in [0.05, 0.1) is 6.61 Å². The SMILES string of the molecule is CC(Cc1cccc(Cl)c1)C(=O)NCc1ccc(F)c(CO)c1. The van der Waals surface area contributed by atoms with Crippen molar-refractivity contribution in [2.24, 2.45) is 5.92 Å². The van der Waals surface area contributed by atoms with Gasteiger partial charge in [0.1, 0.15) is 5.82 Å². The fraction of sp³-hybridized carbons (Fsp3) is 0.278. The molecule has 1 amide bonds. The Morgan fingerprint density at radius 2 is 2.04 bits per heavy atom. The second-order valence-corrected chi connectivity index (χ2v) is 5.97. The van der Waals surface area contributed by atoms with Crippen molar-refractivity contribution in [3.8, 4) is 0 Å². The van der Waals surface area contributed by atoms with Crippen LogP contribution in [0.4, 0.5) is 4.39 Å². The molecule has 23 heavy (non-hydrogen) atoms. The van der Waals surface area contributed by atoms with Gasteiger partial charge in [0.25, 0.3) is 0 Å². The van der Waals surface area contributed by atoms with E-state index in [0.717, 1.165) is 11.1 Å². The zero-order chi connectivity index (χ0) is 16.8. The van der Waals surface area contributed by atoms with Gasteiger partial charge in [-0.05, 0) is 41.8 Å². The molecule has 2 aromatic rings. The predicted molar refractivity (Wildman–Crippen MR) is 88.5 cm³/mol. The molecule has 0 fully saturated rings. The molecule has 0 aromatic heterocycles. The first-order valence-corrected chi connectivity index (χ1v) is 7.77. The van der Waals surface area contributed by atoms with Gasteiger partial charge in [0, 0.05) is 23.0 Å². The van der Waals surface area contributed by atoms with Crippen LogP contribution in [0.3, 0.4) is 0 Å². The summed E-state index contributed by atoms with van der Waals surface area (Å²) in [6.07, 6.45) is 0.595. The van der Waals surface area contributed by atoms with Crippen LogP contribution in [0.1, 0.15) is 23.6 Å². The maximum atomic E-state index is 13.3. The highest BCUT2D eigenvalue weighted by Crippen LogP contribution is 2.15. The zero-order valence-corrected chi connectivity index (χ0v) is 13.6. The maximum absolute atomic E-state index is 13.3. The van der Waals surface area contributed by atoms with Crippen LogP contribution in [0.15, 0.2) is 42.5 Å². The number of aliphatic hydroxyl groups excluding tert-OH is 1. The molecular weight excluding hydrogens is 317 g/mol. The third-order valence-corrected chi connectivity index (χ3v) is 3.86. The molecule has 0 spiro atoms. The van der Waals surface area contributed by atoms with Crippen LogP contribution in [0.5, 0.6) is 0 Å². The minimum Gasteiger partial charge on any atom is -0.392 e. The molecule has 2 aromatic carbocycles. The lowest BCUT2D eigenvalue weighted by molar-refractivity contribution is -0.124. The Morgan fingerprint density at radius 3 is 2.74 bits per heavy atom. The van der Waals surface area contributed by atoms with Gasteiger partial charge < -0.3 is 10.4 Å². The van der Waals surface area contributed by atoms with E-state index in [-0.39, 0.29) is 24.0 Å². The summed E-state index contributed by atoms with van der Waals surface area (Å²) >= 11 is 5.94. The van der Waals surface area contributed by atoms with Crippen molar-refractivity contribution in [2.75, 3.05) is 0 Å². The van der Waals surface area contributed by atoms with Gasteiger partial charge in [-0.2, -0.15) is 0 Å². The topological polar surface area (TPSA) is 49.3 Å². The van der Waals surface area contributed by atoms with E-state index in [4.69, 9.17) is 16.7 Å². The molecule has 0 radical (unpaired) electrons. The van der Waals surface area contributed by atoms with E-state index in [2.05, 4.69) is 5.32 Å². The summed E-state index contributed by atoms with van der Waals surface area (Å²) < 4.78 is 13.3. The van der Waals surface area contributed by atoms with Gasteiger partial charge in [-0.1, -0.05) is 36.7 Å². The minimum atomic E-state index is -0.447. The number of benzene rings is 2. The van der Waals surface area contributed by atoms with Crippen molar-refractivity contribution < 1.29 is 14.3 Å². The lowest BCUT2D eigenvalue weighted by Gasteiger charge is -2.13. The highest BCUT2D eigenvalue weighted by Gasteiger charge is 2.13. The summed E-state index contributed by atoms with van der Waals surface area (Å²) in [4.78, 5) is 12.2. The van der Waals surface area contributed by atoms with Crippen LogP contribution in [-0.4, -0.2) is 11.0 Å². The molecule has 0 saturated carbocycles. The van der Waals surface area contributed by atoms with Gasteiger partial charge >= 0.3 is 0 Å². The average molecular weight is 336 g/mol. The highest BCUT2D eigenvalue weighted by molar-refractivity contribution is 6.30. The van der Waals surface area contributed by atoms with Gasteiger partial charge in [0.2, 0.25) is 5.91 Å². The first-order valence-electron chi connectivity index (χ1n) is 7.40. The molecule has 3 nitrogen and oxygen atoms in total. The van der Waals surface area contributed by atoms with Crippen molar-refractivity contribution in [1.29, 1.82) is 0 Å². The van der Waals surface area contributed by atoms with E-state index in [1.165, 1.54) is 6.07 Å². The molecule has 122 valence electrons. The van der Waals surface area contributed by atoms with E-state index in [1.54, 1.807) is 18.2 Å². The lowest BCUT2D eigenvalue weighted by atomic mass is 10.0. The quantitative estimate of drug-likeness (QED) is 0.849. The molecule has 0 saturated heterocycles. The van der Waals surface area contributed by atoms with Gasteiger partial charge in [-0.15, -0.1) is 0 Å². The zero-order valence-electron chi connectivity index (χ0n) is 12.9. The first-order chi connectivity index (χ1) is 11.0. The minimum absolute atomic E-state index is 0.0835. The number of hydrogen-bond acceptors (Lipinski definition) is 2. The Morgan fingerprint density at radius 1 is 1.26 bits per heavy atom. The van der Waals surface area contributed by atoms with E-state index in [9.17, 15) is 9.18 Å². The van der Waals surface area contributed by atoms with Crippen molar-refractivity contribution in [3.63, 3.8) is 0 Å². The number of hydrogen-bond donors (Lipinski definition) is 2. The molecular formula is C18H19ClFNO2. The molecule has 0 aliphatic carbocycles. The van der Waals surface area contributed by atoms with Crippen LogP contribution >= 0.6 is 11.6 Å². The molecule has 2 rings (SSSR count). The van der Waals surface area contributed by atoms with E-state index < -0.39 is 5.82 Å². The number of rotatable bonds is 6. The summed E-state index contributed by atoms with van der Waals surface area (Å²) in [7, 11) is 0. The van der Waals surface area contributed by atoms with Crippen LogP contribution in [0.25, 0.3) is 0 Å². The Hall–Kier alpha value is -1.91. The average Bonchev–Trinajstić information content (AvgIpc) is 2.53. The Bertz CT molecular complexity index is 690. The number of aliphatic hydroxyl groups is 1. The second kappa shape index (κ2) is 8.09. The van der Waals surface area contributed by atoms with Crippen molar-refractivity contribution >= 4 is 17.5 Å². The molecule has 5 heteroatoms. The Labute approximate surface area is 140 Å². The summed E-state index contributed by atoms with van der Waals surface area (Å²) in [6, 6.07) is 11.9. The fourth-order valence-corrected chi connectivity index (χ4v) is 2.55. The van der Waals surface area contributed by atoms with Crippen LogP contribution in [0, 0.1) is 11.7 Å². The third-order valence-electron chi connectivity index (χ3n) is 3.63. The van der Waals surface area contributed by atoms with E-state index in [0.29, 0.717) is 18.0 Å². The Balaban J connectivity index is 1.91. The fourth-order valence-electron chi connectivity index (χ4n) is 2.33. The summed E-state index contributed by atoms with van der Waals surface area (Å²) in [5.41, 5.74) is 1.98. The normalized spacial score (nSPS) is 12.0. The Kier molecular flexibility index (Phi) is 6.13. The summed E-state index contributed by atoms with van der Waals surface area (Å²) in [6.45, 7) is 1.78. The van der Waals surface area contributed by atoms with Crippen LogP contribution < -0.4 is 5.32 Å². The number of nitrogens with one attached hydrogen (secondary N) is 1. The van der Waals surface area contributed by atoms with Crippen molar-refractivity contribution in [2.45, 2.75) is 26.5 Å². The van der Waals surface area contributed by atoms with Gasteiger partial charge in [-0.3, -0.25) is 4.79 Å². The number of halogens is 2. The van der Waals surface area contributed by atoms with Crippen molar-refractivity contribution in [1.82, 2.24) is 5.32 Å². The molecule has 1 unspecified atom stereocenters. The monoisotopic (exact) mass is 335 g/mol. The third kappa shape index (κ3) is 5.05. The van der Waals surface area contributed by atoms with Crippen LogP contribution in [0.2, 0.25) is 5.02 Å². The number of carbonyl (C=O) groups excluding carboxylic acids is 1. The molecule has 0 aliphatic rings. The maximum Gasteiger partial charge on any atom is 0.223 e. The van der Waals surface area contributed by atoms with E-state index in [1.807, 2.05) is 25.1 Å². The molecule has 0 aliphatic heterocycles. The summed E-state index contributed by atoms with van der Waals surface area (Å²) in [5, 5.41) is 12.5. The standard InChI is InChI=1S/C18H19ClFNO2/c1-12(7-13-3-2-4-16(19)9-13)18(23)21-10-14-5-6-17(20)15(8-14)11-22/h2-6,8-9,12,22H,7,10-11H2,1H3,(H,21,23). The highest BCUT2D eigenvalue weighted by atomic mass is 35.5. The smallest absolute Gasteiger partial charge is 0.223 e. The largest absolute Gasteiger partial charge is 0.392 e. The predicted octanol–water partition coefficient (Wildman–Crippen LogP) is 3.47. The molecule has 1 atom stereocenters. The molecule has 0 bridgehead atoms. The first kappa shape index (κ1) is 17.4. The van der Waals surface area contributed by atoms with E-state index >= 15 is 0 Å². The lowest BCUT2D eigenvalue weighted by Crippen LogP contribution is -2.29. The molecule has 0 heterocycles. The summed E-state index contributed by atoms with van der Waals surface area (Å²) in [5.74, 6) is -0.733. The van der Waals surface area contributed by atoms with Gasteiger partial charge in [-0.25, -0.2) is 4.39 Å². The molecule has 2 N–H and O–H groups in total. The van der Waals surface area contributed by atoms with Crippen molar-refractivity contribution in [3.05, 3.63) is 70.0 Å².